The van der Waals surface area contributed by atoms with Crippen molar-refractivity contribution >= 4 is 24.1 Å². The minimum Gasteiger partial charge on any atom is -0.326 e. The minimum absolute atomic E-state index is 0. The van der Waals surface area contributed by atoms with Gasteiger partial charge in [0.1, 0.15) is 0 Å². The first-order valence-corrected chi connectivity index (χ1v) is 6.63. The van der Waals surface area contributed by atoms with Gasteiger partial charge in [0.05, 0.1) is 17.4 Å². The zero-order valence-corrected chi connectivity index (χ0v) is 12.0. The maximum atomic E-state index is 11.9. The van der Waals surface area contributed by atoms with Crippen LogP contribution in [0.15, 0.2) is 54.2 Å². The number of pyridine rings is 1. The third-order valence-corrected chi connectivity index (χ3v) is 3.83. The first-order chi connectivity index (χ1) is 9.83. The Morgan fingerprint density at radius 1 is 1.10 bits per heavy atom. The van der Waals surface area contributed by atoms with E-state index in [1.165, 1.54) is 11.1 Å². The highest BCUT2D eigenvalue weighted by Crippen LogP contribution is 2.39. The normalized spacial score (nSPS) is 19.0. The molecule has 4 rings (SSSR count). The van der Waals surface area contributed by atoms with Crippen LogP contribution in [0.1, 0.15) is 22.9 Å². The number of halogens is 1. The molecule has 1 aromatic carbocycles. The highest BCUT2D eigenvalue weighted by Gasteiger charge is 2.34. The quantitative estimate of drug-likeness (QED) is 0.851. The van der Waals surface area contributed by atoms with Gasteiger partial charge in [-0.05, 0) is 29.7 Å². The second-order valence-corrected chi connectivity index (χ2v) is 5.02. The van der Waals surface area contributed by atoms with Crippen molar-refractivity contribution in [3.05, 3.63) is 71.1 Å². The lowest BCUT2D eigenvalue weighted by molar-refractivity contribution is 0.240. The number of amides is 2. The minimum atomic E-state index is -0.170. The van der Waals surface area contributed by atoms with Crippen LogP contribution in [0.3, 0.4) is 0 Å². The van der Waals surface area contributed by atoms with Crippen molar-refractivity contribution in [2.45, 2.75) is 12.5 Å². The summed E-state index contributed by atoms with van der Waals surface area (Å²) in [7, 11) is 0. The average Bonchev–Trinajstić information content (AvgIpc) is 2.86. The molecule has 2 N–H and O–H groups in total. The first kappa shape index (κ1) is 13.6. The van der Waals surface area contributed by atoms with Crippen molar-refractivity contribution in [2.24, 2.45) is 0 Å². The van der Waals surface area contributed by atoms with E-state index in [1.54, 1.807) is 6.20 Å². The summed E-state index contributed by atoms with van der Waals surface area (Å²) in [4.78, 5) is 16.3. The number of hydrogen-bond acceptors (Lipinski definition) is 2. The summed E-state index contributed by atoms with van der Waals surface area (Å²) in [5.74, 6) is 0. The zero-order valence-electron chi connectivity index (χ0n) is 11.2. The molecule has 2 aliphatic rings. The average molecular weight is 300 g/mol. The molecule has 1 aromatic heterocycles. The molecule has 1 atom stereocenters. The molecule has 2 heterocycles. The lowest BCUT2D eigenvalue weighted by Gasteiger charge is -2.26. The van der Waals surface area contributed by atoms with Gasteiger partial charge in [-0.25, -0.2) is 4.79 Å². The summed E-state index contributed by atoms with van der Waals surface area (Å²) >= 11 is 0. The Morgan fingerprint density at radius 3 is 2.71 bits per heavy atom. The number of nitrogens with zero attached hydrogens (tertiary/aromatic N) is 1. The van der Waals surface area contributed by atoms with Gasteiger partial charge >= 0.3 is 6.03 Å². The molecule has 4 nitrogen and oxygen atoms in total. The predicted molar refractivity (Wildman–Crippen MR) is 83.0 cm³/mol. The van der Waals surface area contributed by atoms with E-state index >= 15 is 0 Å². The lowest BCUT2D eigenvalue weighted by atomic mass is 9.99. The number of urea groups is 1. The molecule has 2 amide bonds. The highest BCUT2D eigenvalue weighted by atomic mass is 35.5. The van der Waals surface area contributed by atoms with Crippen molar-refractivity contribution in [1.29, 1.82) is 0 Å². The Morgan fingerprint density at radius 2 is 1.90 bits per heavy atom. The largest absolute Gasteiger partial charge is 0.326 e. The Balaban J connectivity index is 0.00000132. The Kier molecular flexibility index (Phi) is 3.39. The maximum Gasteiger partial charge on any atom is 0.320 e. The van der Waals surface area contributed by atoms with E-state index in [1.807, 2.05) is 30.3 Å². The summed E-state index contributed by atoms with van der Waals surface area (Å²) in [6.07, 6.45) is 2.60. The molecule has 0 saturated carbocycles. The number of nitrogens with one attached hydrogen (secondary N) is 2. The summed E-state index contributed by atoms with van der Waals surface area (Å²) in [5, 5.41) is 5.90. The van der Waals surface area contributed by atoms with Gasteiger partial charge in [0.25, 0.3) is 0 Å². The first-order valence-electron chi connectivity index (χ1n) is 6.63. The molecule has 2 aromatic rings. The van der Waals surface area contributed by atoms with Crippen LogP contribution in [-0.2, 0) is 6.42 Å². The van der Waals surface area contributed by atoms with Crippen molar-refractivity contribution in [3.8, 4) is 0 Å². The monoisotopic (exact) mass is 299 g/mol. The van der Waals surface area contributed by atoms with E-state index in [-0.39, 0.29) is 24.5 Å². The zero-order chi connectivity index (χ0) is 13.5. The fourth-order valence-corrected chi connectivity index (χ4v) is 2.95. The van der Waals surface area contributed by atoms with E-state index in [2.05, 4.69) is 27.8 Å². The molecule has 106 valence electrons. The van der Waals surface area contributed by atoms with E-state index in [0.717, 1.165) is 23.4 Å². The number of benzene rings is 1. The number of hydrogen-bond donors (Lipinski definition) is 2. The van der Waals surface area contributed by atoms with Crippen molar-refractivity contribution in [1.82, 2.24) is 15.6 Å². The van der Waals surface area contributed by atoms with Crippen molar-refractivity contribution in [3.63, 3.8) is 0 Å². The molecule has 0 radical (unpaired) electrons. The summed E-state index contributed by atoms with van der Waals surface area (Å²) in [6.45, 7) is 0. The maximum absolute atomic E-state index is 11.9. The lowest BCUT2D eigenvalue weighted by Crippen LogP contribution is -2.42. The van der Waals surface area contributed by atoms with Crippen LogP contribution in [-0.4, -0.2) is 11.0 Å². The van der Waals surface area contributed by atoms with Gasteiger partial charge in [-0.3, -0.25) is 4.98 Å². The molecular weight excluding hydrogens is 286 g/mol. The topological polar surface area (TPSA) is 54.0 Å². The third kappa shape index (κ3) is 2.17. The van der Waals surface area contributed by atoms with E-state index in [9.17, 15) is 4.79 Å². The Bertz CT molecular complexity index is 727. The molecule has 1 unspecified atom stereocenters. The number of rotatable bonds is 1. The molecule has 0 bridgehead atoms. The third-order valence-electron chi connectivity index (χ3n) is 3.83. The summed E-state index contributed by atoms with van der Waals surface area (Å²) in [5.41, 5.74) is 5.38. The SMILES string of the molecule is Cl.O=C1NC2=C(Cc3ccccc32)C(c2ccccn2)N1. The second-order valence-electron chi connectivity index (χ2n) is 5.02. The molecular formula is C16H14ClN3O. The van der Waals surface area contributed by atoms with Gasteiger partial charge in [0, 0.05) is 11.8 Å². The van der Waals surface area contributed by atoms with Crippen LogP contribution < -0.4 is 10.6 Å². The van der Waals surface area contributed by atoms with Gasteiger partial charge in [0.2, 0.25) is 0 Å². The smallest absolute Gasteiger partial charge is 0.320 e. The van der Waals surface area contributed by atoms with Gasteiger partial charge in [-0.2, -0.15) is 0 Å². The molecule has 0 fully saturated rings. The van der Waals surface area contributed by atoms with Gasteiger partial charge in [-0.1, -0.05) is 30.3 Å². The molecule has 1 aliphatic carbocycles. The molecule has 0 saturated heterocycles. The fourth-order valence-electron chi connectivity index (χ4n) is 2.95. The van der Waals surface area contributed by atoms with Crippen molar-refractivity contribution < 1.29 is 4.79 Å². The number of carbonyl (C=O) groups is 1. The number of aromatic nitrogens is 1. The fraction of sp³-hybridized carbons (Fsp3) is 0.125. The second kappa shape index (κ2) is 5.22. The highest BCUT2D eigenvalue weighted by molar-refractivity contribution is 5.92. The standard InChI is InChI=1S/C16H13N3O.ClH/c20-16-18-14-11-6-2-1-5-10(11)9-12(14)15(19-16)13-7-3-4-8-17-13;/h1-8,15H,9H2,(H2,18,19,20);1H. The van der Waals surface area contributed by atoms with E-state index in [4.69, 9.17) is 0 Å². The number of fused-ring (bicyclic) bond motifs is 2. The van der Waals surface area contributed by atoms with Crippen LogP contribution in [0.2, 0.25) is 0 Å². The molecule has 21 heavy (non-hydrogen) atoms. The summed E-state index contributed by atoms with van der Waals surface area (Å²) in [6, 6.07) is 13.6. The molecule has 1 aliphatic heterocycles. The van der Waals surface area contributed by atoms with Gasteiger partial charge < -0.3 is 10.6 Å². The summed E-state index contributed by atoms with van der Waals surface area (Å²) < 4.78 is 0. The van der Waals surface area contributed by atoms with Gasteiger partial charge in [-0.15, -0.1) is 12.4 Å². The van der Waals surface area contributed by atoms with Crippen molar-refractivity contribution in [2.75, 3.05) is 0 Å². The molecule has 5 heteroatoms. The van der Waals surface area contributed by atoms with Crippen LogP contribution in [0, 0.1) is 0 Å². The van der Waals surface area contributed by atoms with Crippen LogP contribution in [0.25, 0.3) is 5.70 Å². The Hall–Kier alpha value is -2.33. The van der Waals surface area contributed by atoms with E-state index in [0.29, 0.717) is 0 Å². The van der Waals surface area contributed by atoms with Crippen LogP contribution >= 0.6 is 12.4 Å². The predicted octanol–water partition coefficient (Wildman–Crippen LogP) is 2.82. The van der Waals surface area contributed by atoms with E-state index < -0.39 is 0 Å². The van der Waals surface area contributed by atoms with Crippen LogP contribution in [0.5, 0.6) is 0 Å². The Labute approximate surface area is 128 Å². The number of carbonyl (C=O) groups excluding carboxylic acids is 1. The molecule has 0 spiro atoms. The van der Waals surface area contributed by atoms with Crippen LogP contribution in [0.4, 0.5) is 4.79 Å². The van der Waals surface area contributed by atoms with Gasteiger partial charge in [0.15, 0.2) is 0 Å².